The lowest BCUT2D eigenvalue weighted by atomic mass is 10.0. The number of nitrogens with two attached hydrogens (primary N) is 1. The summed E-state index contributed by atoms with van der Waals surface area (Å²) < 4.78 is 47.3. The molecule has 0 bridgehead atoms. The third kappa shape index (κ3) is 5.26. The summed E-state index contributed by atoms with van der Waals surface area (Å²) in [6.45, 7) is 5.15. The van der Waals surface area contributed by atoms with Crippen LogP contribution >= 0.6 is 0 Å². The summed E-state index contributed by atoms with van der Waals surface area (Å²) in [5.74, 6) is 0.674. The van der Waals surface area contributed by atoms with E-state index in [9.17, 15) is 23.2 Å². The molecule has 3 aromatic heterocycles. The number of hydrogen-bond acceptors (Lipinski definition) is 9. The maximum Gasteiger partial charge on any atom is 0.416 e. The van der Waals surface area contributed by atoms with Crippen molar-refractivity contribution >= 4 is 22.4 Å². The van der Waals surface area contributed by atoms with E-state index in [1.165, 1.54) is 23.0 Å². The number of aromatic nitrogens is 4. The fourth-order valence-electron chi connectivity index (χ4n) is 4.63. The SMILES string of the molecule is Cc1nc(N[C@H](C)c2cc(N)cc(C(F)(F)F)c2)c2cn(N3CCOCC3)c(=O)c(-c3ccc(C#N)nc3)c2n1. The Kier molecular flexibility index (Phi) is 7.03. The van der Waals surface area contributed by atoms with Crippen molar-refractivity contribution in [2.75, 3.05) is 42.4 Å². The molecule has 206 valence electrons. The molecule has 1 aliphatic rings. The second-order valence-electron chi connectivity index (χ2n) is 9.40. The van der Waals surface area contributed by atoms with Gasteiger partial charge in [-0.25, -0.2) is 19.6 Å². The molecule has 0 aliphatic carbocycles. The fraction of sp³-hybridized carbons (Fsp3) is 0.296. The molecule has 10 nitrogen and oxygen atoms in total. The van der Waals surface area contributed by atoms with E-state index in [1.54, 1.807) is 26.1 Å². The minimum absolute atomic E-state index is 0.0149. The molecule has 0 radical (unpaired) electrons. The van der Waals surface area contributed by atoms with E-state index in [4.69, 9.17) is 10.5 Å². The minimum atomic E-state index is -4.56. The smallest absolute Gasteiger partial charge is 0.399 e. The molecule has 0 saturated carbocycles. The number of halogens is 3. The molecule has 0 unspecified atom stereocenters. The van der Waals surface area contributed by atoms with Crippen LogP contribution in [0.4, 0.5) is 24.7 Å². The van der Waals surface area contributed by atoms with Crippen molar-refractivity contribution in [1.82, 2.24) is 19.6 Å². The van der Waals surface area contributed by atoms with Crippen LogP contribution in [0.5, 0.6) is 0 Å². The van der Waals surface area contributed by atoms with Crippen molar-refractivity contribution in [2.45, 2.75) is 26.1 Å². The van der Waals surface area contributed by atoms with Gasteiger partial charge in [-0.05, 0) is 49.7 Å². The van der Waals surface area contributed by atoms with Crippen molar-refractivity contribution in [3.05, 3.63) is 75.7 Å². The van der Waals surface area contributed by atoms with E-state index in [1.807, 2.05) is 11.1 Å². The Morgan fingerprint density at radius 2 is 1.93 bits per heavy atom. The number of nitriles is 1. The third-order valence-electron chi connectivity index (χ3n) is 6.58. The molecule has 1 aliphatic heterocycles. The lowest BCUT2D eigenvalue weighted by molar-refractivity contribution is -0.137. The van der Waals surface area contributed by atoms with Crippen LogP contribution in [0.25, 0.3) is 22.0 Å². The van der Waals surface area contributed by atoms with E-state index < -0.39 is 17.8 Å². The average Bonchev–Trinajstić information content (AvgIpc) is 2.92. The number of rotatable bonds is 5. The van der Waals surface area contributed by atoms with Crippen LogP contribution < -0.4 is 21.6 Å². The molecule has 0 amide bonds. The van der Waals surface area contributed by atoms with Gasteiger partial charge in [-0.3, -0.25) is 4.79 Å². The monoisotopic (exact) mass is 550 g/mol. The normalized spacial score (nSPS) is 14.7. The number of nitrogen functional groups attached to an aromatic ring is 1. The van der Waals surface area contributed by atoms with Crippen molar-refractivity contribution in [3.63, 3.8) is 0 Å². The summed E-state index contributed by atoms with van der Waals surface area (Å²) >= 11 is 0. The molecule has 4 aromatic rings. The first-order valence-corrected chi connectivity index (χ1v) is 12.4. The van der Waals surface area contributed by atoms with Gasteiger partial charge in [0.05, 0.1) is 54.4 Å². The van der Waals surface area contributed by atoms with E-state index in [0.717, 1.165) is 12.1 Å². The van der Waals surface area contributed by atoms with Crippen LogP contribution in [-0.4, -0.2) is 45.9 Å². The number of alkyl halides is 3. The van der Waals surface area contributed by atoms with Gasteiger partial charge in [-0.15, -0.1) is 0 Å². The molecule has 4 heterocycles. The Balaban J connectivity index is 1.69. The Hall–Kier alpha value is -4.70. The summed E-state index contributed by atoms with van der Waals surface area (Å²) in [6.07, 6.45) is -1.49. The zero-order valence-corrected chi connectivity index (χ0v) is 21.7. The van der Waals surface area contributed by atoms with Gasteiger partial charge in [-0.1, -0.05) is 0 Å². The summed E-state index contributed by atoms with van der Waals surface area (Å²) in [7, 11) is 0. The first-order chi connectivity index (χ1) is 19.0. The van der Waals surface area contributed by atoms with E-state index in [-0.39, 0.29) is 22.5 Å². The number of pyridine rings is 2. The maximum absolute atomic E-state index is 13.9. The molecular formula is C27H25F3N8O2. The number of morpholine rings is 1. The van der Waals surface area contributed by atoms with Crippen LogP contribution in [0, 0.1) is 18.3 Å². The molecule has 40 heavy (non-hydrogen) atoms. The van der Waals surface area contributed by atoms with Crippen LogP contribution in [0.2, 0.25) is 0 Å². The Morgan fingerprint density at radius 1 is 1.18 bits per heavy atom. The highest BCUT2D eigenvalue weighted by atomic mass is 19.4. The van der Waals surface area contributed by atoms with Crippen LogP contribution in [0.3, 0.4) is 0 Å². The van der Waals surface area contributed by atoms with Gasteiger partial charge in [0, 0.05) is 23.6 Å². The standard InChI is InChI=1S/C27H25F3N8O2/c1-15(18-9-19(27(28,29)30)11-20(32)10-18)34-25-22-14-38(37-5-7-40-8-6-37)26(39)23(24(22)35-16(2)36-25)17-3-4-21(12-31)33-13-17/h3-4,9-11,13-15H,5-8,32H2,1-2H3,(H,34,35,36)/t15-/m1/s1. The van der Waals surface area contributed by atoms with Crippen molar-refractivity contribution < 1.29 is 17.9 Å². The highest BCUT2D eigenvalue weighted by Gasteiger charge is 2.31. The number of anilines is 2. The summed E-state index contributed by atoms with van der Waals surface area (Å²) in [6, 6.07) is 7.88. The number of nitrogens with zero attached hydrogens (tertiary/aromatic N) is 6. The minimum Gasteiger partial charge on any atom is -0.399 e. The van der Waals surface area contributed by atoms with E-state index >= 15 is 0 Å². The highest BCUT2D eigenvalue weighted by Crippen LogP contribution is 2.34. The van der Waals surface area contributed by atoms with Gasteiger partial charge in [0.25, 0.3) is 5.56 Å². The molecule has 1 atom stereocenters. The van der Waals surface area contributed by atoms with Gasteiger partial charge >= 0.3 is 6.18 Å². The van der Waals surface area contributed by atoms with Crippen molar-refractivity contribution in [1.29, 1.82) is 5.26 Å². The number of benzene rings is 1. The molecule has 1 fully saturated rings. The van der Waals surface area contributed by atoms with Crippen LogP contribution in [-0.2, 0) is 10.9 Å². The third-order valence-corrected chi connectivity index (χ3v) is 6.58. The lowest BCUT2D eigenvalue weighted by Crippen LogP contribution is -2.49. The topological polar surface area (TPSA) is 135 Å². The Labute approximate surface area is 226 Å². The molecule has 1 saturated heterocycles. The number of nitrogens with one attached hydrogen (secondary N) is 1. The van der Waals surface area contributed by atoms with Gasteiger partial charge in [0.2, 0.25) is 0 Å². The average molecular weight is 551 g/mol. The molecule has 3 N–H and O–H groups in total. The summed E-state index contributed by atoms with van der Waals surface area (Å²) in [4.78, 5) is 27.1. The van der Waals surface area contributed by atoms with E-state index in [2.05, 4.69) is 20.3 Å². The number of fused-ring (bicyclic) bond motifs is 1. The second kappa shape index (κ2) is 10.5. The Morgan fingerprint density at radius 3 is 2.58 bits per heavy atom. The quantitative estimate of drug-likeness (QED) is 0.356. The molecule has 5 rings (SSSR count). The van der Waals surface area contributed by atoms with Gasteiger partial charge < -0.3 is 20.8 Å². The first-order valence-electron chi connectivity index (χ1n) is 12.4. The zero-order chi connectivity index (χ0) is 28.6. The van der Waals surface area contributed by atoms with Crippen molar-refractivity contribution in [3.8, 4) is 17.2 Å². The number of ether oxygens (including phenoxy) is 1. The molecule has 13 heteroatoms. The van der Waals surface area contributed by atoms with Crippen LogP contribution in [0.15, 0.2) is 47.5 Å². The van der Waals surface area contributed by atoms with Gasteiger partial charge in [0.15, 0.2) is 0 Å². The number of hydrogen-bond donors (Lipinski definition) is 2. The van der Waals surface area contributed by atoms with Gasteiger partial charge in [-0.2, -0.15) is 18.4 Å². The second-order valence-corrected chi connectivity index (χ2v) is 9.40. The molecule has 0 spiro atoms. The lowest BCUT2D eigenvalue weighted by Gasteiger charge is -2.31. The largest absolute Gasteiger partial charge is 0.416 e. The van der Waals surface area contributed by atoms with Gasteiger partial charge in [0.1, 0.15) is 23.4 Å². The Bertz CT molecular complexity index is 1670. The van der Waals surface area contributed by atoms with Crippen LogP contribution in [0.1, 0.15) is 35.6 Å². The number of aryl methyl sites for hydroxylation is 1. The summed E-state index contributed by atoms with van der Waals surface area (Å²) in [5.41, 5.74) is 6.15. The molecule has 1 aromatic carbocycles. The first kappa shape index (κ1) is 26.9. The molecular weight excluding hydrogens is 525 g/mol. The highest BCUT2D eigenvalue weighted by molar-refractivity contribution is 5.98. The predicted octanol–water partition coefficient (Wildman–Crippen LogP) is 3.78. The van der Waals surface area contributed by atoms with Crippen molar-refractivity contribution in [2.24, 2.45) is 0 Å². The fourth-order valence-corrected chi connectivity index (χ4v) is 4.63. The predicted molar refractivity (Wildman–Crippen MR) is 143 cm³/mol. The summed E-state index contributed by atoms with van der Waals surface area (Å²) in [5, 5.41) is 14.7. The zero-order valence-electron chi connectivity index (χ0n) is 21.7. The van der Waals surface area contributed by atoms with E-state index in [0.29, 0.717) is 60.0 Å². The maximum atomic E-state index is 13.9.